The molecule has 0 spiro atoms. The van der Waals surface area contributed by atoms with Crippen molar-refractivity contribution >= 4 is 11.3 Å². The van der Waals surface area contributed by atoms with Crippen molar-refractivity contribution < 1.29 is 9.66 Å². The number of rotatable bonds is 11. The molecule has 1 unspecified atom stereocenters. The zero-order chi connectivity index (χ0) is 17.2. The maximum atomic E-state index is 10.4. The van der Waals surface area contributed by atoms with Gasteiger partial charge < -0.3 is 20.3 Å². The molecule has 7 nitrogen and oxygen atoms in total. The molecule has 0 amide bonds. The van der Waals surface area contributed by atoms with Crippen LogP contribution in [0.15, 0.2) is 23.5 Å². The number of nitrogens with zero attached hydrogens (tertiary/aromatic N) is 2. The largest absolute Gasteiger partial charge is 0.377 e. The predicted molar refractivity (Wildman–Crippen MR) is 92.8 cm³/mol. The summed E-state index contributed by atoms with van der Waals surface area (Å²) in [7, 11) is 5.78. The molecular weight excluding hydrogens is 316 g/mol. The van der Waals surface area contributed by atoms with E-state index in [0.717, 1.165) is 12.6 Å². The molecule has 23 heavy (non-hydrogen) atoms. The van der Waals surface area contributed by atoms with Crippen LogP contribution in [0.1, 0.15) is 29.8 Å². The second-order valence-corrected chi connectivity index (χ2v) is 6.35. The molecule has 1 atom stereocenters. The first-order valence-corrected chi connectivity index (χ1v) is 8.40. The van der Waals surface area contributed by atoms with E-state index in [1.807, 2.05) is 0 Å². The molecule has 0 radical (unpaired) electrons. The van der Waals surface area contributed by atoms with Gasteiger partial charge in [0, 0.05) is 31.1 Å². The monoisotopic (exact) mass is 342 g/mol. The van der Waals surface area contributed by atoms with Crippen molar-refractivity contribution in [1.29, 1.82) is 0 Å². The Morgan fingerprint density at radius 2 is 2.30 bits per heavy atom. The highest BCUT2D eigenvalue weighted by atomic mass is 32.1. The third-order valence-electron chi connectivity index (χ3n) is 3.41. The lowest BCUT2D eigenvalue weighted by atomic mass is 10.2. The first-order chi connectivity index (χ1) is 10.9. The van der Waals surface area contributed by atoms with Crippen LogP contribution in [0.25, 0.3) is 0 Å². The Morgan fingerprint density at radius 1 is 1.57 bits per heavy atom. The van der Waals surface area contributed by atoms with Crippen molar-refractivity contribution in [3.05, 3.63) is 44.0 Å². The Morgan fingerprint density at radius 3 is 2.91 bits per heavy atom. The van der Waals surface area contributed by atoms with Crippen molar-refractivity contribution in [2.75, 3.05) is 34.3 Å². The quantitative estimate of drug-likeness (QED) is 0.364. The van der Waals surface area contributed by atoms with E-state index in [1.165, 1.54) is 10.4 Å². The molecule has 1 heterocycles. The van der Waals surface area contributed by atoms with E-state index in [1.54, 1.807) is 18.4 Å². The number of hydrogen-bond acceptors (Lipinski definition) is 7. The lowest BCUT2D eigenvalue weighted by Gasteiger charge is -2.17. The smallest absolute Gasteiger partial charge is 0.274 e. The van der Waals surface area contributed by atoms with Gasteiger partial charge in [0.05, 0.1) is 11.5 Å². The van der Waals surface area contributed by atoms with Gasteiger partial charge in [-0.25, -0.2) is 0 Å². The van der Waals surface area contributed by atoms with Crippen molar-refractivity contribution in [2.45, 2.75) is 26.0 Å². The second kappa shape index (κ2) is 10.2. The summed E-state index contributed by atoms with van der Waals surface area (Å²) in [4.78, 5) is 13.4. The second-order valence-electron chi connectivity index (χ2n) is 5.41. The first-order valence-electron chi connectivity index (χ1n) is 7.52. The molecule has 0 aromatic carbocycles. The molecule has 0 fully saturated rings. The Kier molecular flexibility index (Phi) is 8.60. The fourth-order valence-electron chi connectivity index (χ4n) is 1.84. The fraction of sp³-hybridized carbons (Fsp3) is 0.600. The van der Waals surface area contributed by atoms with E-state index >= 15 is 0 Å². The van der Waals surface area contributed by atoms with Gasteiger partial charge >= 0.3 is 0 Å². The van der Waals surface area contributed by atoms with Crippen LogP contribution < -0.4 is 10.6 Å². The average molecular weight is 342 g/mol. The summed E-state index contributed by atoms with van der Waals surface area (Å²) in [5.41, 5.74) is 1.19. The van der Waals surface area contributed by atoms with Gasteiger partial charge in [-0.1, -0.05) is 0 Å². The SMILES string of the molecule is CN/C(=C\[N+](=O)[O-])NCCCOCc1csc(C(C)N(C)C)c1. The minimum Gasteiger partial charge on any atom is -0.377 e. The minimum atomic E-state index is -0.488. The summed E-state index contributed by atoms with van der Waals surface area (Å²) < 4.78 is 5.65. The molecular formula is C15H26N4O3S. The summed E-state index contributed by atoms with van der Waals surface area (Å²) in [5, 5.41) is 18.2. The van der Waals surface area contributed by atoms with Crippen LogP contribution in [0.3, 0.4) is 0 Å². The number of thiophene rings is 1. The molecule has 0 aliphatic rings. The highest BCUT2D eigenvalue weighted by molar-refractivity contribution is 7.10. The van der Waals surface area contributed by atoms with Gasteiger partial charge in [0.1, 0.15) is 0 Å². The molecule has 0 aliphatic carbocycles. The third-order valence-corrected chi connectivity index (χ3v) is 4.57. The number of ether oxygens (including phenoxy) is 1. The van der Waals surface area contributed by atoms with Crippen molar-refractivity contribution in [1.82, 2.24) is 15.5 Å². The van der Waals surface area contributed by atoms with Crippen molar-refractivity contribution in [3.8, 4) is 0 Å². The van der Waals surface area contributed by atoms with Crippen LogP contribution in [0.2, 0.25) is 0 Å². The molecule has 0 saturated carbocycles. The van der Waals surface area contributed by atoms with Gasteiger partial charge in [-0.05, 0) is 44.4 Å². The van der Waals surface area contributed by atoms with Crippen molar-refractivity contribution in [3.63, 3.8) is 0 Å². The molecule has 1 aromatic heterocycles. The van der Waals surface area contributed by atoms with Crippen molar-refractivity contribution in [2.24, 2.45) is 0 Å². The Hall–Kier alpha value is -1.64. The van der Waals surface area contributed by atoms with E-state index in [2.05, 4.69) is 48.0 Å². The predicted octanol–water partition coefficient (Wildman–Crippen LogP) is 2.16. The van der Waals surface area contributed by atoms with Gasteiger partial charge in [-0.2, -0.15) is 0 Å². The van der Waals surface area contributed by atoms with Gasteiger partial charge in [-0.15, -0.1) is 11.3 Å². The number of hydrogen-bond donors (Lipinski definition) is 2. The van der Waals surface area contributed by atoms with E-state index in [0.29, 0.717) is 31.6 Å². The summed E-state index contributed by atoms with van der Waals surface area (Å²) in [6.07, 6.45) is 1.70. The average Bonchev–Trinajstić information content (AvgIpc) is 2.96. The van der Waals surface area contributed by atoms with E-state index < -0.39 is 4.92 Å². The maximum absolute atomic E-state index is 10.4. The lowest BCUT2D eigenvalue weighted by molar-refractivity contribution is -0.404. The molecule has 0 bridgehead atoms. The lowest BCUT2D eigenvalue weighted by Crippen LogP contribution is -2.26. The molecule has 130 valence electrons. The van der Waals surface area contributed by atoms with E-state index in [4.69, 9.17) is 4.74 Å². The number of nitro groups is 1. The van der Waals surface area contributed by atoms with Crippen LogP contribution in [0, 0.1) is 10.1 Å². The zero-order valence-corrected chi connectivity index (χ0v) is 15.0. The Labute approximate surface area is 141 Å². The highest BCUT2D eigenvalue weighted by Crippen LogP contribution is 2.25. The highest BCUT2D eigenvalue weighted by Gasteiger charge is 2.10. The van der Waals surface area contributed by atoms with Crippen LogP contribution >= 0.6 is 11.3 Å². The summed E-state index contributed by atoms with van der Waals surface area (Å²) >= 11 is 1.75. The molecule has 1 aromatic rings. The molecule has 2 N–H and O–H groups in total. The first kappa shape index (κ1) is 19.4. The zero-order valence-electron chi connectivity index (χ0n) is 14.2. The molecule has 0 saturated heterocycles. The third kappa shape index (κ3) is 7.45. The molecule has 8 heteroatoms. The summed E-state index contributed by atoms with van der Waals surface area (Å²) in [5.74, 6) is 0.398. The molecule has 0 aliphatic heterocycles. The molecule has 1 rings (SSSR count). The van der Waals surface area contributed by atoms with Crippen LogP contribution in [-0.4, -0.2) is 44.1 Å². The van der Waals surface area contributed by atoms with E-state index in [-0.39, 0.29) is 0 Å². The normalized spacial score (nSPS) is 13.2. The summed E-state index contributed by atoms with van der Waals surface area (Å²) in [6.45, 7) is 4.00. The maximum Gasteiger partial charge on any atom is 0.274 e. The van der Waals surface area contributed by atoms with Crippen LogP contribution in [-0.2, 0) is 11.3 Å². The van der Waals surface area contributed by atoms with Crippen LogP contribution in [0.5, 0.6) is 0 Å². The Balaban J connectivity index is 2.22. The number of nitrogens with one attached hydrogen (secondary N) is 2. The van der Waals surface area contributed by atoms with Gasteiger partial charge in [0.2, 0.25) is 0 Å². The Bertz CT molecular complexity index is 517. The fourth-order valence-corrected chi connectivity index (χ4v) is 2.89. The minimum absolute atomic E-state index is 0.398. The van der Waals surface area contributed by atoms with E-state index in [9.17, 15) is 10.1 Å². The standard InChI is InChI=1S/C15H26N4O3S/c1-12(18(3)4)14-8-13(11-23-14)10-22-7-5-6-17-15(16-2)9-19(20)21/h8-9,11-12,16-17H,5-7,10H2,1-4H3/b15-9+. The van der Waals surface area contributed by atoms with Gasteiger partial charge in [0.15, 0.2) is 5.82 Å². The van der Waals surface area contributed by atoms with Gasteiger partial charge in [-0.3, -0.25) is 10.1 Å². The van der Waals surface area contributed by atoms with Crippen LogP contribution in [0.4, 0.5) is 0 Å². The summed E-state index contributed by atoms with van der Waals surface area (Å²) in [6, 6.07) is 2.60. The van der Waals surface area contributed by atoms with Gasteiger partial charge in [0.25, 0.3) is 6.20 Å². The topological polar surface area (TPSA) is 79.7 Å².